The van der Waals surface area contributed by atoms with E-state index < -0.39 is 16.1 Å². The monoisotopic (exact) mass is 601 g/mol. The lowest BCUT2D eigenvalue weighted by molar-refractivity contribution is 0.0730. The minimum Gasteiger partial charge on any atom is -0.744 e. The summed E-state index contributed by atoms with van der Waals surface area (Å²) in [7, 11) is -4.65. The van der Waals surface area contributed by atoms with Crippen LogP contribution in [0, 0.1) is 14.1 Å². The Morgan fingerprint density at radius 2 is 1.81 bits per heavy atom. The van der Waals surface area contributed by atoms with Gasteiger partial charge in [0, 0.05) is 3.57 Å². The number of phenols is 1. The number of aromatic hydroxyl groups is 1. The highest BCUT2D eigenvalue weighted by molar-refractivity contribution is 14.1. The molecule has 2 aromatic carbocycles. The average Bonchev–Trinajstić information content (AvgIpc) is 2.51. The molecule has 6 nitrogen and oxygen atoms in total. The van der Waals surface area contributed by atoms with Gasteiger partial charge in [-0.2, -0.15) is 0 Å². The van der Waals surface area contributed by atoms with Crippen LogP contribution in [0.15, 0.2) is 29.2 Å². The molecule has 0 aliphatic rings. The fourth-order valence-electron chi connectivity index (χ4n) is 2.33. The highest BCUT2D eigenvalue weighted by atomic mass is 127. The molecule has 0 spiro atoms. The lowest BCUT2D eigenvalue weighted by Gasteiger charge is -2.19. The number of hydrogen-bond acceptors (Lipinski definition) is 6. The summed E-state index contributed by atoms with van der Waals surface area (Å²) in [6, 6.07) is 5.80. The molecule has 140 valence electrons. The Morgan fingerprint density at radius 3 is 2.35 bits per heavy atom. The lowest BCUT2D eigenvalue weighted by Crippen LogP contribution is -2.12. The van der Waals surface area contributed by atoms with E-state index in [9.17, 15) is 22.9 Å². The summed E-state index contributed by atoms with van der Waals surface area (Å²) in [4.78, 5) is 12.2. The largest absolute Gasteiger partial charge is 0.744 e. The first-order valence-corrected chi connectivity index (χ1v) is 11.0. The number of phenolic OH excluding ortho intramolecular Hbond substituents is 1. The van der Waals surface area contributed by atoms with E-state index in [2.05, 4.69) is 0 Å². The van der Waals surface area contributed by atoms with Gasteiger partial charge < -0.3 is 14.4 Å². The van der Waals surface area contributed by atoms with Gasteiger partial charge in [0.2, 0.25) is 0 Å². The van der Waals surface area contributed by atoms with Crippen molar-refractivity contribution in [2.45, 2.75) is 31.6 Å². The van der Waals surface area contributed by atoms with E-state index >= 15 is 0 Å². The van der Waals surface area contributed by atoms with Gasteiger partial charge in [0.15, 0.2) is 0 Å². The summed E-state index contributed by atoms with van der Waals surface area (Å²) in [6.45, 7) is 5.01. The molecule has 0 saturated carbocycles. The molecule has 0 saturated heterocycles. The Labute approximate surface area is 179 Å². The fourth-order valence-corrected chi connectivity index (χ4v) is 5.08. The third-order valence-electron chi connectivity index (χ3n) is 3.65. The Kier molecular flexibility index (Phi) is 6.57. The van der Waals surface area contributed by atoms with Gasteiger partial charge in [-0.25, -0.2) is 13.2 Å². The number of ether oxygens (including phenoxy) is 1. The van der Waals surface area contributed by atoms with Gasteiger partial charge in [-0.1, -0.05) is 13.8 Å². The molecular formula is C17H15I2O6S-. The van der Waals surface area contributed by atoms with Crippen LogP contribution >= 0.6 is 45.2 Å². The number of carbonyl (C=O) groups excluding carboxylic acids is 1. The first-order chi connectivity index (χ1) is 11.9. The van der Waals surface area contributed by atoms with Crippen molar-refractivity contribution in [3.05, 3.63) is 48.1 Å². The van der Waals surface area contributed by atoms with Crippen LogP contribution in [0.1, 0.15) is 41.3 Å². The van der Waals surface area contributed by atoms with Crippen molar-refractivity contribution in [1.82, 2.24) is 0 Å². The van der Waals surface area contributed by atoms with Gasteiger partial charge in [-0.05, 0) is 93.4 Å². The molecule has 0 fully saturated rings. The molecule has 0 radical (unpaired) electrons. The standard InChI is InChI=1S/C17H16I2O6S/c1-8(2)11-7-14(9(3)4-15(11)26(22,23)24)25-17(21)12-5-10(18)6-13(19)16(12)20/h4-8,20H,1-3H3,(H,22,23,24)/p-1. The Bertz CT molecular complexity index is 983. The maximum Gasteiger partial charge on any atom is 0.347 e. The van der Waals surface area contributed by atoms with Crippen molar-refractivity contribution >= 4 is 61.3 Å². The molecule has 0 bridgehead atoms. The summed E-state index contributed by atoms with van der Waals surface area (Å²) >= 11 is 3.93. The molecule has 0 unspecified atom stereocenters. The molecule has 9 heteroatoms. The lowest BCUT2D eigenvalue weighted by atomic mass is 10.0. The number of benzene rings is 2. The van der Waals surface area contributed by atoms with Crippen molar-refractivity contribution in [2.75, 3.05) is 0 Å². The van der Waals surface area contributed by atoms with Gasteiger partial charge in [0.25, 0.3) is 0 Å². The SMILES string of the molecule is Cc1cc(S(=O)(=O)[O-])c(C(C)C)cc1OC(=O)c1cc(I)cc(I)c1O. The number of rotatable bonds is 4. The summed E-state index contributed by atoms with van der Waals surface area (Å²) in [5, 5.41) is 10.1. The maximum atomic E-state index is 12.5. The molecular weight excluding hydrogens is 586 g/mol. The van der Waals surface area contributed by atoms with Gasteiger partial charge in [-0.3, -0.25) is 0 Å². The van der Waals surface area contributed by atoms with Gasteiger partial charge in [0.05, 0.1) is 8.47 Å². The fraction of sp³-hybridized carbons (Fsp3) is 0.235. The number of hydrogen-bond donors (Lipinski definition) is 1. The molecule has 2 rings (SSSR count). The van der Waals surface area contributed by atoms with Crippen molar-refractivity contribution in [2.24, 2.45) is 0 Å². The van der Waals surface area contributed by atoms with Crippen LogP contribution in [-0.4, -0.2) is 24.0 Å². The Hall–Kier alpha value is -0.920. The Morgan fingerprint density at radius 1 is 1.19 bits per heavy atom. The average molecular weight is 601 g/mol. The van der Waals surface area contributed by atoms with Crippen LogP contribution < -0.4 is 4.74 Å². The number of esters is 1. The summed E-state index contributed by atoms with van der Waals surface area (Å²) in [6.07, 6.45) is 0. The summed E-state index contributed by atoms with van der Waals surface area (Å²) in [5.41, 5.74) is 0.610. The van der Waals surface area contributed by atoms with E-state index in [1.807, 2.05) is 45.2 Å². The third kappa shape index (κ3) is 4.67. The zero-order valence-corrected chi connectivity index (χ0v) is 19.2. The van der Waals surface area contributed by atoms with Crippen LogP contribution in [0.2, 0.25) is 0 Å². The van der Waals surface area contributed by atoms with Crippen LogP contribution in [-0.2, 0) is 10.1 Å². The predicted octanol–water partition coefficient (Wildman–Crippen LogP) is 4.16. The maximum absolute atomic E-state index is 12.5. The van der Waals surface area contributed by atoms with Gasteiger partial charge in [-0.15, -0.1) is 0 Å². The second-order valence-corrected chi connectivity index (χ2v) is 9.69. The summed E-state index contributed by atoms with van der Waals surface area (Å²) < 4.78 is 41.1. The molecule has 0 amide bonds. The van der Waals surface area contributed by atoms with Crippen LogP contribution in [0.3, 0.4) is 0 Å². The topological polar surface area (TPSA) is 104 Å². The van der Waals surface area contributed by atoms with E-state index in [4.69, 9.17) is 4.74 Å². The highest BCUT2D eigenvalue weighted by Gasteiger charge is 2.21. The molecule has 0 aliphatic carbocycles. The Balaban J connectivity index is 2.51. The second kappa shape index (κ2) is 7.98. The minimum atomic E-state index is -4.65. The van der Waals surface area contributed by atoms with Crippen LogP contribution in [0.5, 0.6) is 11.5 Å². The first kappa shape index (κ1) is 21.4. The van der Waals surface area contributed by atoms with E-state index in [0.717, 1.165) is 3.57 Å². The van der Waals surface area contributed by atoms with E-state index in [-0.39, 0.29) is 33.4 Å². The van der Waals surface area contributed by atoms with E-state index in [1.165, 1.54) is 18.2 Å². The molecule has 2 aromatic rings. The minimum absolute atomic E-state index is 0.00678. The molecule has 26 heavy (non-hydrogen) atoms. The molecule has 0 aromatic heterocycles. The quantitative estimate of drug-likeness (QED) is 0.245. The van der Waals surface area contributed by atoms with Crippen molar-refractivity contribution in [3.63, 3.8) is 0 Å². The molecule has 0 heterocycles. The highest BCUT2D eigenvalue weighted by Crippen LogP contribution is 2.33. The van der Waals surface area contributed by atoms with Crippen LogP contribution in [0.25, 0.3) is 0 Å². The van der Waals surface area contributed by atoms with E-state index in [1.54, 1.807) is 26.8 Å². The third-order valence-corrected chi connectivity index (χ3v) is 5.99. The molecule has 0 atom stereocenters. The summed E-state index contributed by atoms with van der Waals surface area (Å²) in [5.74, 6) is -1.08. The van der Waals surface area contributed by atoms with Gasteiger partial charge >= 0.3 is 5.97 Å². The van der Waals surface area contributed by atoms with Crippen molar-refractivity contribution < 1.29 is 27.6 Å². The van der Waals surface area contributed by atoms with Crippen molar-refractivity contribution in [3.8, 4) is 11.5 Å². The van der Waals surface area contributed by atoms with E-state index in [0.29, 0.717) is 9.13 Å². The zero-order valence-electron chi connectivity index (χ0n) is 14.0. The molecule has 0 aliphatic heterocycles. The number of carbonyl (C=O) groups is 1. The van der Waals surface area contributed by atoms with Gasteiger partial charge in [0.1, 0.15) is 27.2 Å². The van der Waals surface area contributed by atoms with Crippen LogP contribution in [0.4, 0.5) is 0 Å². The second-order valence-electron chi connectivity index (χ2n) is 5.94. The zero-order chi connectivity index (χ0) is 19.8. The normalized spacial score (nSPS) is 11.7. The predicted molar refractivity (Wildman–Crippen MR) is 112 cm³/mol. The number of halogens is 2. The van der Waals surface area contributed by atoms with Crippen molar-refractivity contribution in [1.29, 1.82) is 0 Å². The smallest absolute Gasteiger partial charge is 0.347 e. The first-order valence-electron chi connectivity index (χ1n) is 7.42. The molecule has 1 N–H and O–H groups in total. The number of aryl methyl sites for hydroxylation is 1.